The first-order chi connectivity index (χ1) is 12.1. The van der Waals surface area contributed by atoms with Crippen LogP contribution < -0.4 is 10.5 Å². The topological polar surface area (TPSA) is 78.9 Å². The number of halogens is 2. The lowest BCUT2D eigenvalue weighted by Gasteiger charge is -2.10. The lowest BCUT2D eigenvalue weighted by atomic mass is 10.0. The molecule has 1 aliphatic rings. The first kappa shape index (κ1) is 16.3. The number of nitrogen functional groups attached to an aromatic ring is 1. The standard InChI is InChI=1S/C17H17BrFN5O/c1-9-6-10-2-5-25-12(10)7-11(9)8-13-21-14-15(20)22-17(19)23-16(14)24(13)4-3-18/h6-7H,2-5,8H2,1H3,(H2,20,22,23). The molecule has 3 heterocycles. The van der Waals surface area contributed by atoms with E-state index in [1.807, 2.05) is 4.57 Å². The summed E-state index contributed by atoms with van der Waals surface area (Å²) in [5.41, 5.74) is 10.3. The van der Waals surface area contributed by atoms with Crippen LogP contribution in [-0.4, -0.2) is 31.5 Å². The number of imidazole rings is 1. The summed E-state index contributed by atoms with van der Waals surface area (Å²) in [6.45, 7) is 3.42. The van der Waals surface area contributed by atoms with Gasteiger partial charge in [0.05, 0.1) is 6.61 Å². The van der Waals surface area contributed by atoms with Gasteiger partial charge in [-0.3, -0.25) is 0 Å². The molecule has 0 amide bonds. The SMILES string of the molecule is Cc1cc2c(cc1Cc1nc3c(N)nc(F)nc3n1CCBr)OCC2. The van der Waals surface area contributed by atoms with Crippen molar-refractivity contribution < 1.29 is 9.13 Å². The fourth-order valence-electron chi connectivity index (χ4n) is 3.25. The van der Waals surface area contributed by atoms with Gasteiger partial charge in [0, 0.05) is 24.7 Å². The van der Waals surface area contributed by atoms with Gasteiger partial charge in [0.1, 0.15) is 11.6 Å². The van der Waals surface area contributed by atoms with Crippen molar-refractivity contribution in [3.63, 3.8) is 0 Å². The number of nitrogens with zero attached hydrogens (tertiary/aromatic N) is 4. The molecule has 0 saturated carbocycles. The number of aromatic nitrogens is 4. The Morgan fingerprint density at radius 1 is 1.32 bits per heavy atom. The second kappa shape index (κ2) is 6.25. The van der Waals surface area contributed by atoms with Crippen molar-refractivity contribution in [2.45, 2.75) is 26.3 Å². The highest BCUT2D eigenvalue weighted by Crippen LogP contribution is 2.30. The van der Waals surface area contributed by atoms with Gasteiger partial charge in [0.25, 0.3) is 0 Å². The number of hydrogen-bond acceptors (Lipinski definition) is 5. The maximum Gasteiger partial charge on any atom is 0.312 e. The molecule has 2 N–H and O–H groups in total. The van der Waals surface area contributed by atoms with Crippen molar-refractivity contribution in [1.29, 1.82) is 0 Å². The molecule has 3 aromatic rings. The molecule has 6 nitrogen and oxygen atoms in total. The lowest BCUT2D eigenvalue weighted by molar-refractivity contribution is 0.356. The maximum atomic E-state index is 13.6. The highest BCUT2D eigenvalue weighted by Gasteiger charge is 2.19. The Balaban J connectivity index is 1.81. The van der Waals surface area contributed by atoms with Crippen LogP contribution >= 0.6 is 15.9 Å². The van der Waals surface area contributed by atoms with E-state index in [-0.39, 0.29) is 5.82 Å². The summed E-state index contributed by atoms with van der Waals surface area (Å²) < 4.78 is 21.2. The smallest absolute Gasteiger partial charge is 0.312 e. The molecule has 8 heteroatoms. The van der Waals surface area contributed by atoms with Crippen molar-refractivity contribution in [3.05, 3.63) is 40.7 Å². The molecule has 0 aliphatic carbocycles. The van der Waals surface area contributed by atoms with Crippen molar-refractivity contribution in [2.24, 2.45) is 0 Å². The summed E-state index contributed by atoms with van der Waals surface area (Å²) in [6, 6.07) is 4.24. The summed E-state index contributed by atoms with van der Waals surface area (Å²) in [4.78, 5) is 12.1. The third kappa shape index (κ3) is 2.84. The van der Waals surface area contributed by atoms with Gasteiger partial charge < -0.3 is 15.0 Å². The Kier molecular flexibility index (Phi) is 4.07. The minimum absolute atomic E-state index is 0.0612. The highest BCUT2D eigenvalue weighted by molar-refractivity contribution is 9.09. The maximum absolute atomic E-state index is 13.6. The van der Waals surface area contributed by atoms with E-state index in [4.69, 9.17) is 10.5 Å². The molecule has 0 atom stereocenters. The predicted octanol–water partition coefficient (Wildman–Crippen LogP) is 2.78. The van der Waals surface area contributed by atoms with Gasteiger partial charge in [-0.1, -0.05) is 22.0 Å². The fourth-order valence-corrected chi connectivity index (χ4v) is 3.60. The molecule has 0 saturated heterocycles. The van der Waals surface area contributed by atoms with Gasteiger partial charge in [-0.2, -0.15) is 14.4 Å². The molecule has 2 aromatic heterocycles. The van der Waals surface area contributed by atoms with Crippen molar-refractivity contribution in [2.75, 3.05) is 17.7 Å². The van der Waals surface area contributed by atoms with Gasteiger partial charge >= 0.3 is 6.08 Å². The third-order valence-electron chi connectivity index (χ3n) is 4.48. The molecule has 25 heavy (non-hydrogen) atoms. The molecular weight excluding hydrogens is 389 g/mol. The first-order valence-electron chi connectivity index (χ1n) is 8.06. The molecule has 4 rings (SSSR count). The van der Waals surface area contributed by atoms with Crippen LogP contribution in [0.25, 0.3) is 11.2 Å². The molecule has 0 spiro atoms. The number of rotatable bonds is 4. The molecule has 1 aliphatic heterocycles. The fraction of sp³-hybridized carbons (Fsp3) is 0.353. The molecule has 130 valence electrons. The Bertz CT molecular complexity index is 972. The number of benzene rings is 1. The molecule has 0 radical (unpaired) electrons. The van der Waals surface area contributed by atoms with E-state index in [0.717, 1.165) is 30.2 Å². The molecule has 1 aromatic carbocycles. The van der Waals surface area contributed by atoms with Crippen LogP contribution in [0.2, 0.25) is 0 Å². The largest absolute Gasteiger partial charge is 0.493 e. The van der Waals surface area contributed by atoms with E-state index in [0.29, 0.717) is 29.5 Å². The first-order valence-corrected chi connectivity index (χ1v) is 9.18. The zero-order valence-electron chi connectivity index (χ0n) is 13.7. The Hall–Kier alpha value is -2.22. The normalized spacial score (nSPS) is 13.2. The van der Waals surface area contributed by atoms with E-state index in [1.165, 1.54) is 11.1 Å². The van der Waals surface area contributed by atoms with Crippen LogP contribution in [0, 0.1) is 13.0 Å². The third-order valence-corrected chi connectivity index (χ3v) is 4.83. The van der Waals surface area contributed by atoms with Gasteiger partial charge in [-0.05, 0) is 29.7 Å². The summed E-state index contributed by atoms with van der Waals surface area (Å²) in [6.07, 6.45) is 0.700. The van der Waals surface area contributed by atoms with Gasteiger partial charge in [-0.15, -0.1) is 0 Å². The average molecular weight is 406 g/mol. The monoisotopic (exact) mass is 405 g/mol. The second-order valence-electron chi connectivity index (χ2n) is 6.08. The van der Waals surface area contributed by atoms with Crippen LogP contribution in [0.15, 0.2) is 12.1 Å². The van der Waals surface area contributed by atoms with Crippen LogP contribution in [0.4, 0.5) is 10.2 Å². The number of aryl methyl sites for hydroxylation is 2. The van der Waals surface area contributed by atoms with Crippen molar-refractivity contribution in [1.82, 2.24) is 19.5 Å². The molecule has 0 fully saturated rings. The van der Waals surface area contributed by atoms with Crippen molar-refractivity contribution in [3.8, 4) is 5.75 Å². The minimum atomic E-state index is -0.839. The second-order valence-corrected chi connectivity index (χ2v) is 6.87. The quantitative estimate of drug-likeness (QED) is 0.533. The summed E-state index contributed by atoms with van der Waals surface area (Å²) in [5, 5.41) is 0.698. The summed E-state index contributed by atoms with van der Waals surface area (Å²) in [5.74, 6) is 1.78. The van der Waals surface area contributed by atoms with E-state index in [9.17, 15) is 4.39 Å². The Morgan fingerprint density at radius 2 is 2.16 bits per heavy atom. The van der Waals surface area contributed by atoms with Gasteiger partial charge in [-0.25, -0.2) is 4.98 Å². The Labute approximate surface area is 152 Å². The number of anilines is 1. The number of ether oxygens (including phenoxy) is 1. The number of hydrogen-bond donors (Lipinski definition) is 1. The minimum Gasteiger partial charge on any atom is -0.493 e. The molecular formula is C17H17BrFN5O. The lowest BCUT2D eigenvalue weighted by Crippen LogP contribution is -2.08. The number of alkyl halides is 1. The number of nitrogens with two attached hydrogens (primary N) is 1. The predicted molar refractivity (Wildman–Crippen MR) is 96.7 cm³/mol. The van der Waals surface area contributed by atoms with Crippen LogP contribution in [0.5, 0.6) is 5.75 Å². The molecule has 0 unspecified atom stereocenters. The van der Waals surface area contributed by atoms with E-state index in [2.05, 4.69) is 49.9 Å². The summed E-state index contributed by atoms with van der Waals surface area (Å²) >= 11 is 3.43. The van der Waals surface area contributed by atoms with E-state index >= 15 is 0 Å². The highest BCUT2D eigenvalue weighted by atomic mass is 79.9. The molecule has 0 bridgehead atoms. The van der Waals surface area contributed by atoms with Crippen LogP contribution in [-0.2, 0) is 19.4 Å². The number of fused-ring (bicyclic) bond motifs is 2. The Morgan fingerprint density at radius 3 is 2.96 bits per heavy atom. The van der Waals surface area contributed by atoms with E-state index < -0.39 is 6.08 Å². The van der Waals surface area contributed by atoms with E-state index in [1.54, 1.807) is 0 Å². The van der Waals surface area contributed by atoms with Crippen LogP contribution in [0.1, 0.15) is 22.5 Å². The van der Waals surface area contributed by atoms with Gasteiger partial charge in [0.15, 0.2) is 17.0 Å². The summed E-state index contributed by atoms with van der Waals surface area (Å²) in [7, 11) is 0. The van der Waals surface area contributed by atoms with Crippen molar-refractivity contribution >= 4 is 32.9 Å². The van der Waals surface area contributed by atoms with Crippen LogP contribution in [0.3, 0.4) is 0 Å². The van der Waals surface area contributed by atoms with Gasteiger partial charge in [0.2, 0.25) is 0 Å². The zero-order valence-corrected chi connectivity index (χ0v) is 15.3. The zero-order chi connectivity index (χ0) is 17.6. The average Bonchev–Trinajstić information content (AvgIpc) is 3.14.